The summed E-state index contributed by atoms with van der Waals surface area (Å²) in [5, 5.41) is 22.3. The summed E-state index contributed by atoms with van der Waals surface area (Å²) < 4.78 is 20.8. The molecule has 0 fully saturated rings. The van der Waals surface area contributed by atoms with Gasteiger partial charge in [0.25, 0.3) is 0 Å². The second kappa shape index (κ2) is 12.4. The molecular formula is C30H26O10. The number of hydrogen-bond donors (Lipinski definition) is 2. The molecule has 4 rings (SSSR count). The van der Waals surface area contributed by atoms with Crippen LogP contribution in [0, 0.1) is 0 Å². The van der Waals surface area contributed by atoms with E-state index in [1.807, 2.05) is 48.5 Å². The summed E-state index contributed by atoms with van der Waals surface area (Å²) in [6.07, 6.45) is -3.41. The van der Waals surface area contributed by atoms with Crippen molar-refractivity contribution in [3.63, 3.8) is 0 Å². The summed E-state index contributed by atoms with van der Waals surface area (Å²) in [5.74, 6) is -4.56. The van der Waals surface area contributed by atoms with Gasteiger partial charge < -0.3 is 29.2 Å². The van der Waals surface area contributed by atoms with E-state index in [2.05, 4.69) is 4.74 Å². The molecule has 4 aromatic rings. The van der Waals surface area contributed by atoms with Crippen LogP contribution in [0.2, 0.25) is 0 Å². The van der Waals surface area contributed by atoms with Crippen molar-refractivity contribution in [1.29, 1.82) is 0 Å². The van der Waals surface area contributed by atoms with Crippen molar-refractivity contribution >= 4 is 45.4 Å². The maximum Gasteiger partial charge on any atom is 0.339 e. The number of methoxy groups -OCH3 is 2. The Morgan fingerprint density at radius 3 is 2.00 bits per heavy atom. The number of fused-ring (bicyclic) bond motifs is 2. The minimum Gasteiger partial charge on any atom is -0.480 e. The van der Waals surface area contributed by atoms with Gasteiger partial charge in [0.2, 0.25) is 0 Å². The van der Waals surface area contributed by atoms with E-state index < -0.39 is 49.3 Å². The van der Waals surface area contributed by atoms with Gasteiger partial charge in [-0.05, 0) is 44.3 Å². The first-order valence-corrected chi connectivity index (χ1v) is 12.1. The Bertz CT molecular complexity index is 1590. The summed E-state index contributed by atoms with van der Waals surface area (Å²) in [4.78, 5) is 49.1. The Hall–Kier alpha value is -4.80. The number of rotatable bonds is 11. The van der Waals surface area contributed by atoms with Gasteiger partial charge in [0.05, 0.1) is 14.2 Å². The number of carboxylic acid groups (broad SMARTS) is 2. The van der Waals surface area contributed by atoms with Gasteiger partial charge in [0.1, 0.15) is 13.2 Å². The monoisotopic (exact) mass is 546 g/mol. The van der Waals surface area contributed by atoms with Gasteiger partial charge in [-0.3, -0.25) is 0 Å². The second-order valence-electron chi connectivity index (χ2n) is 8.72. The molecule has 4 aromatic carbocycles. The highest BCUT2D eigenvalue weighted by Crippen LogP contribution is 2.44. The molecule has 10 nitrogen and oxygen atoms in total. The van der Waals surface area contributed by atoms with Crippen LogP contribution in [0.3, 0.4) is 0 Å². The number of benzene rings is 4. The average molecular weight is 547 g/mol. The Labute approximate surface area is 228 Å². The number of carbonyl (C=O) groups excluding carboxylic acids is 2. The zero-order valence-electron chi connectivity index (χ0n) is 21.7. The third-order valence-corrected chi connectivity index (χ3v) is 6.33. The number of carboxylic acids is 2. The van der Waals surface area contributed by atoms with Gasteiger partial charge in [0.15, 0.2) is 12.2 Å². The fourth-order valence-electron chi connectivity index (χ4n) is 4.65. The molecule has 0 aliphatic carbocycles. The van der Waals surface area contributed by atoms with Crippen molar-refractivity contribution in [3.05, 3.63) is 83.9 Å². The zero-order chi connectivity index (χ0) is 28.8. The SMILES string of the molecule is COC(=O)COC(C(=O)OC)c1c(C(OCC(=O)O)C(=O)O)cc2ccccc2c1-c1cccc2ccccc12. The lowest BCUT2D eigenvalue weighted by Crippen LogP contribution is -2.27. The second-order valence-corrected chi connectivity index (χ2v) is 8.72. The molecule has 0 radical (unpaired) electrons. The Kier molecular flexibility index (Phi) is 8.73. The summed E-state index contributed by atoms with van der Waals surface area (Å²) >= 11 is 0. The number of esters is 2. The lowest BCUT2D eigenvalue weighted by Gasteiger charge is -2.27. The van der Waals surface area contributed by atoms with E-state index in [0.717, 1.165) is 25.0 Å². The third-order valence-electron chi connectivity index (χ3n) is 6.33. The summed E-state index contributed by atoms with van der Waals surface area (Å²) in [5.41, 5.74) is 1.11. The van der Waals surface area contributed by atoms with Gasteiger partial charge in [-0.2, -0.15) is 0 Å². The summed E-state index contributed by atoms with van der Waals surface area (Å²) in [7, 11) is 2.28. The molecule has 2 N–H and O–H groups in total. The molecule has 2 unspecified atom stereocenters. The van der Waals surface area contributed by atoms with Crippen LogP contribution in [0.5, 0.6) is 0 Å². The quantitative estimate of drug-likeness (QED) is 0.261. The van der Waals surface area contributed by atoms with E-state index in [9.17, 15) is 29.4 Å². The van der Waals surface area contributed by atoms with Crippen molar-refractivity contribution in [1.82, 2.24) is 0 Å². The number of ether oxygens (including phenoxy) is 4. The Morgan fingerprint density at radius 2 is 1.35 bits per heavy atom. The molecule has 2 atom stereocenters. The van der Waals surface area contributed by atoms with Crippen LogP contribution in [0.15, 0.2) is 72.8 Å². The van der Waals surface area contributed by atoms with Crippen LogP contribution < -0.4 is 0 Å². The van der Waals surface area contributed by atoms with E-state index in [0.29, 0.717) is 21.9 Å². The molecule has 0 aromatic heterocycles. The fourth-order valence-corrected chi connectivity index (χ4v) is 4.65. The maximum atomic E-state index is 13.2. The van der Waals surface area contributed by atoms with Crippen molar-refractivity contribution in [2.24, 2.45) is 0 Å². The van der Waals surface area contributed by atoms with Crippen molar-refractivity contribution in [3.8, 4) is 11.1 Å². The molecule has 206 valence electrons. The lowest BCUT2D eigenvalue weighted by atomic mass is 9.83. The highest BCUT2D eigenvalue weighted by atomic mass is 16.6. The van der Waals surface area contributed by atoms with Gasteiger partial charge in [-0.15, -0.1) is 0 Å². The van der Waals surface area contributed by atoms with Gasteiger partial charge in [0, 0.05) is 5.56 Å². The normalized spacial score (nSPS) is 12.6. The molecule has 0 aliphatic rings. The third kappa shape index (κ3) is 5.78. The standard InChI is InChI=1S/C30H26O10/c1-37-24(33)16-40-28(30(36)38-2)26-22(27(29(34)35)39-15-23(31)32)14-18-9-4-6-12-20(18)25(26)21-13-7-10-17-8-3-5-11-19(17)21/h3-14,27-28H,15-16H2,1-2H3,(H,31,32)(H,34,35). The van der Waals surface area contributed by atoms with Gasteiger partial charge >= 0.3 is 23.9 Å². The molecular weight excluding hydrogens is 520 g/mol. The molecule has 0 saturated carbocycles. The number of aliphatic carboxylic acids is 2. The molecule has 0 bridgehead atoms. The van der Waals surface area contributed by atoms with Crippen LogP contribution >= 0.6 is 0 Å². The van der Waals surface area contributed by atoms with E-state index in [4.69, 9.17) is 14.2 Å². The van der Waals surface area contributed by atoms with E-state index in [1.165, 1.54) is 6.07 Å². The number of carbonyl (C=O) groups is 4. The number of hydrogen-bond acceptors (Lipinski definition) is 8. The molecule has 40 heavy (non-hydrogen) atoms. The molecule has 0 aliphatic heterocycles. The van der Waals surface area contributed by atoms with Crippen LogP contribution in [0.1, 0.15) is 23.3 Å². The van der Waals surface area contributed by atoms with Crippen molar-refractivity contribution in [2.45, 2.75) is 12.2 Å². The van der Waals surface area contributed by atoms with Crippen molar-refractivity contribution in [2.75, 3.05) is 27.4 Å². The minimum atomic E-state index is -1.81. The average Bonchev–Trinajstić information content (AvgIpc) is 2.96. The van der Waals surface area contributed by atoms with Crippen LogP contribution in [0.25, 0.3) is 32.7 Å². The van der Waals surface area contributed by atoms with E-state index in [-0.39, 0.29) is 11.1 Å². The first-order valence-electron chi connectivity index (χ1n) is 12.1. The highest BCUT2D eigenvalue weighted by molar-refractivity contribution is 6.08. The largest absolute Gasteiger partial charge is 0.480 e. The lowest BCUT2D eigenvalue weighted by molar-refractivity contribution is -0.162. The van der Waals surface area contributed by atoms with E-state index in [1.54, 1.807) is 18.2 Å². The molecule has 0 amide bonds. The summed E-state index contributed by atoms with van der Waals surface area (Å²) in [6.45, 7) is -1.57. The molecule has 0 heterocycles. The predicted octanol–water partition coefficient (Wildman–Crippen LogP) is 4.29. The van der Waals surface area contributed by atoms with Crippen molar-refractivity contribution < 1.29 is 48.3 Å². The maximum absolute atomic E-state index is 13.2. The summed E-state index contributed by atoms with van der Waals surface area (Å²) in [6, 6.07) is 21.7. The van der Waals surface area contributed by atoms with Gasteiger partial charge in [-0.25, -0.2) is 19.2 Å². The van der Waals surface area contributed by atoms with E-state index >= 15 is 0 Å². The topological polar surface area (TPSA) is 146 Å². The Balaban J connectivity index is 2.16. The molecule has 10 heteroatoms. The van der Waals surface area contributed by atoms with Crippen LogP contribution in [-0.2, 0) is 38.1 Å². The highest BCUT2D eigenvalue weighted by Gasteiger charge is 2.36. The Morgan fingerprint density at radius 1 is 0.725 bits per heavy atom. The first kappa shape index (κ1) is 28.2. The predicted molar refractivity (Wildman–Crippen MR) is 144 cm³/mol. The smallest absolute Gasteiger partial charge is 0.339 e. The first-order chi connectivity index (χ1) is 19.3. The van der Waals surface area contributed by atoms with Crippen LogP contribution in [-0.4, -0.2) is 61.5 Å². The zero-order valence-corrected chi connectivity index (χ0v) is 21.7. The van der Waals surface area contributed by atoms with Gasteiger partial charge in [-0.1, -0.05) is 66.7 Å². The molecule has 0 saturated heterocycles. The fraction of sp³-hybridized carbons (Fsp3) is 0.200. The van der Waals surface area contributed by atoms with Crippen LogP contribution in [0.4, 0.5) is 0 Å². The molecule has 0 spiro atoms. The minimum absolute atomic E-state index is 0.0318.